The zero-order valence-corrected chi connectivity index (χ0v) is 18.2. The number of hydrogen-bond acceptors (Lipinski definition) is 5. The van der Waals surface area contributed by atoms with Crippen LogP contribution in [0.5, 0.6) is 0 Å². The Labute approximate surface area is 181 Å². The molecule has 9 heteroatoms. The molecule has 0 saturated carbocycles. The van der Waals surface area contributed by atoms with Gasteiger partial charge in [0.2, 0.25) is 15.9 Å². The summed E-state index contributed by atoms with van der Waals surface area (Å²) in [7, 11) is -3.37. The summed E-state index contributed by atoms with van der Waals surface area (Å²) in [6.07, 6.45) is 1.87. The van der Waals surface area contributed by atoms with Gasteiger partial charge in [-0.3, -0.25) is 14.3 Å². The molecule has 0 fully saturated rings. The molecule has 31 heavy (non-hydrogen) atoms. The zero-order chi connectivity index (χ0) is 22.6. The number of hydrogen-bond donors (Lipinski definition) is 2. The first-order valence-corrected chi connectivity index (χ1v) is 11.8. The fourth-order valence-corrected chi connectivity index (χ4v) is 3.98. The van der Waals surface area contributed by atoms with Crippen molar-refractivity contribution in [1.82, 2.24) is 5.01 Å². The summed E-state index contributed by atoms with van der Waals surface area (Å²) in [6, 6.07) is 14.4. The van der Waals surface area contributed by atoms with Gasteiger partial charge in [-0.15, -0.1) is 0 Å². The molecule has 2 aromatic carbocycles. The van der Waals surface area contributed by atoms with Crippen LogP contribution in [0, 0.1) is 6.92 Å². The lowest BCUT2D eigenvalue weighted by Gasteiger charge is -2.22. The standard InChI is InChI=1S/C22H25N3O5S/c1-15-6-8-17(9-7-15)20-14-19(23-25(20)21(26)4-3-5-22(27)28)16-10-12-18(13-11-16)24-31(2,29)30/h6-13,20,24H,3-5,14H2,1-2H3,(H,27,28). The monoisotopic (exact) mass is 443 g/mol. The number of carbonyl (C=O) groups is 2. The molecule has 1 amide bonds. The van der Waals surface area contributed by atoms with Gasteiger partial charge in [0.05, 0.1) is 18.0 Å². The average molecular weight is 444 g/mol. The molecule has 0 bridgehead atoms. The highest BCUT2D eigenvalue weighted by molar-refractivity contribution is 7.92. The Bertz CT molecular complexity index is 1090. The van der Waals surface area contributed by atoms with Crippen molar-refractivity contribution in [3.05, 3.63) is 65.2 Å². The molecule has 3 rings (SSSR count). The third-order valence-corrected chi connectivity index (χ3v) is 5.54. The van der Waals surface area contributed by atoms with Gasteiger partial charge in [-0.1, -0.05) is 42.0 Å². The van der Waals surface area contributed by atoms with Crippen molar-refractivity contribution in [3.63, 3.8) is 0 Å². The third-order valence-electron chi connectivity index (χ3n) is 4.93. The summed E-state index contributed by atoms with van der Waals surface area (Å²) in [5.74, 6) is -1.16. The molecule has 2 N–H and O–H groups in total. The minimum atomic E-state index is -3.37. The van der Waals surface area contributed by atoms with E-state index in [-0.39, 0.29) is 31.2 Å². The number of benzene rings is 2. The molecule has 1 heterocycles. The molecule has 0 aromatic heterocycles. The fourth-order valence-electron chi connectivity index (χ4n) is 3.41. The van der Waals surface area contributed by atoms with Gasteiger partial charge >= 0.3 is 5.97 Å². The Morgan fingerprint density at radius 2 is 1.74 bits per heavy atom. The number of nitrogens with one attached hydrogen (secondary N) is 1. The maximum atomic E-state index is 12.8. The van der Waals surface area contributed by atoms with E-state index >= 15 is 0 Å². The number of carbonyl (C=O) groups excluding carboxylic acids is 1. The molecule has 164 valence electrons. The number of sulfonamides is 1. The normalized spacial score (nSPS) is 16.1. The van der Waals surface area contributed by atoms with Gasteiger partial charge in [0.15, 0.2) is 0 Å². The molecule has 0 radical (unpaired) electrons. The van der Waals surface area contributed by atoms with Crippen LogP contribution in [-0.4, -0.2) is 42.4 Å². The number of hydrazone groups is 1. The van der Waals surface area contributed by atoms with Crippen LogP contribution < -0.4 is 4.72 Å². The van der Waals surface area contributed by atoms with Crippen molar-refractivity contribution in [2.75, 3.05) is 11.0 Å². The van der Waals surface area contributed by atoms with E-state index in [2.05, 4.69) is 9.82 Å². The number of rotatable bonds is 8. The van der Waals surface area contributed by atoms with Crippen LogP contribution in [-0.2, 0) is 19.6 Å². The highest BCUT2D eigenvalue weighted by atomic mass is 32.2. The average Bonchev–Trinajstić information content (AvgIpc) is 3.13. The van der Waals surface area contributed by atoms with Crippen LogP contribution in [0.4, 0.5) is 5.69 Å². The van der Waals surface area contributed by atoms with Gasteiger partial charge in [0.1, 0.15) is 0 Å². The Kier molecular flexibility index (Phi) is 6.74. The smallest absolute Gasteiger partial charge is 0.303 e. The molecular weight excluding hydrogens is 418 g/mol. The lowest BCUT2D eigenvalue weighted by atomic mass is 9.97. The van der Waals surface area contributed by atoms with E-state index in [9.17, 15) is 18.0 Å². The summed E-state index contributed by atoms with van der Waals surface area (Å²) in [4.78, 5) is 23.6. The fraction of sp³-hybridized carbons (Fsp3) is 0.318. The van der Waals surface area contributed by atoms with E-state index in [1.165, 1.54) is 5.01 Å². The number of carboxylic acids is 1. The highest BCUT2D eigenvalue weighted by Crippen LogP contribution is 2.34. The van der Waals surface area contributed by atoms with Crippen LogP contribution in [0.2, 0.25) is 0 Å². The first-order chi connectivity index (χ1) is 14.6. The second-order valence-electron chi connectivity index (χ2n) is 7.61. The van der Waals surface area contributed by atoms with Crippen LogP contribution in [0.25, 0.3) is 0 Å². The van der Waals surface area contributed by atoms with Crippen molar-refractivity contribution in [2.24, 2.45) is 5.10 Å². The summed E-state index contributed by atoms with van der Waals surface area (Å²) in [6.45, 7) is 1.99. The summed E-state index contributed by atoms with van der Waals surface area (Å²) < 4.78 is 25.2. The van der Waals surface area contributed by atoms with Crippen LogP contribution in [0.3, 0.4) is 0 Å². The van der Waals surface area contributed by atoms with Crippen molar-refractivity contribution in [2.45, 2.75) is 38.6 Å². The Balaban J connectivity index is 1.84. The second-order valence-corrected chi connectivity index (χ2v) is 9.36. The van der Waals surface area contributed by atoms with Crippen molar-refractivity contribution >= 4 is 33.3 Å². The van der Waals surface area contributed by atoms with E-state index < -0.39 is 16.0 Å². The minimum absolute atomic E-state index is 0.0693. The molecule has 1 aliphatic heterocycles. The summed E-state index contributed by atoms with van der Waals surface area (Å²) in [5, 5.41) is 14.8. The minimum Gasteiger partial charge on any atom is -0.481 e. The van der Waals surface area contributed by atoms with Crippen molar-refractivity contribution in [3.8, 4) is 0 Å². The van der Waals surface area contributed by atoms with E-state index in [4.69, 9.17) is 5.11 Å². The van der Waals surface area contributed by atoms with Crippen LogP contribution in [0.1, 0.15) is 48.4 Å². The molecule has 8 nitrogen and oxygen atoms in total. The van der Waals surface area contributed by atoms with Crippen molar-refractivity contribution in [1.29, 1.82) is 0 Å². The Morgan fingerprint density at radius 3 is 2.32 bits per heavy atom. The van der Waals surface area contributed by atoms with Crippen LogP contribution >= 0.6 is 0 Å². The first kappa shape index (κ1) is 22.5. The van der Waals surface area contributed by atoms with Crippen molar-refractivity contribution < 1.29 is 23.1 Å². The lowest BCUT2D eigenvalue weighted by Crippen LogP contribution is -2.27. The molecule has 1 unspecified atom stereocenters. The van der Waals surface area contributed by atoms with Gasteiger partial charge in [0, 0.05) is 24.9 Å². The van der Waals surface area contributed by atoms with Gasteiger partial charge < -0.3 is 5.11 Å². The van der Waals surface area contributed by atoms with Gasteiger partial charge in [-0.05, 0) is 36.6 Å². The highest BCUT2D eigenvalue weighted by Gasteiger charge is 2.32. The molecule has 0 saturated heterocycles. The third kappa shape index (κ3) is 6.14. The van der Waals surface area contributed by atoms with Crippen LogP contribution in [0.15, 0.2) is 53.6 Å². The van der Waals surface area contributed by atoms with Gasteiger partial charge in [-0.25, -0.2) is 13.4 Å². The summed E-state index contributed by atoms with van der Waals surface area (Å²) in [5.41, 5.74) is 4.00. The number of amides is 1. The quantitative estimate of drug-likeness (QED) is 0.649. The summed E-state index contributed by atoms with van der Waals surface area (Å²) >= 11 is 0. The zero-order valence-electron chi connectivity index (χ0n) is 17.4. The maximum Gasteiger partial charge on any atom is 0.303 e. The maximum absolute atomic E-state index is 12.8. The Morgan fingerprint density at radius 1 is 1.10 bits per heavy atom. The topological polar surface area (TPSA) is 116 Å². The lowest BCUT2D eigenvalue weighted by molar-refractivity contribution is -0.137. The van der Waals surface area contributed by atoms with E-state index in [1.807, 2.05) is 31.2 Å². The number of aryl methyl sites for hydroxylation is 1. The number of aliphatic carboxylic acids is 1. The SMILES string of the molecule is Cc1ccc(C2CC(c3ccc(NS(C)(=O)=O)cc3)=NN2C(=O)CCCC(=O)O)cc1. The predicted molar refractivity (Wildman–Crippen MR) is 118 cm³/mol. The van der Waals surface area contributed by atoms with E-state index in [0.717, 1.165) is 22.9 Å². The molecule has 0 aliphatic carbocycles. The number of nitrogens with zero attached hydrogens (tertiary/aromatic N) is 2. The first-order valence-electron chi connectivity index (χ1n) is 9.88. The Hall–Kier alpha value is -3.20. The van der Waals surface area contributed by atoms with E-state index in [0.29, 0.717) is 17.8 Å². The van der Waals surface area contributed by atoms with Gasteiger partial charge in [0.25, 0.3) is 0 Å². The molecule has 1 aliphatic rings. The predicted octanol–water partition coefficient (Wildman–Crippen LogP) is 3.30. The van der Waals surface area contributed by atoms with Gasteiger partial charge in [-0.2, -0.15) is 5.10 Å². The number of carboxylic acid groups (broad SMARTS) is 1. The molecule has 2 aromatic rings. The largest absolute Gasteiger partial charge is 0.481 e. The molecular formula is C22H25N3O5S. The van der Waals surface area contributed by atoms with E-state index in [1.54, 1.807) is 24.3 Å². The number of anilines is 1. The molecule has 0 spiro atoms. The second kappa shape index (κ2) is 9.30. The molecule has 1 atom stereocenters.